The van der Waals surface area contributed by atoms with Crippen LogP contribution in [0.5, 0.6) is 0 Å². The van der Waals surface area contributed by atoms with Crippen molar-refractivity contribution in [3.8, 4) is 11.1 Å². The van der Waals surface area contributed by atoms with Crippen molar-refractivity contribution >= 4 is 29.4 Å². The summed E-state index contributed by atoms with van der Waals surface area (Å²) >= 11 is 0. The number of carbonyl (C=O) groups is 3. The highest BCUT2D eigenvalue weighted by molar-refractivity contribution is 5.99. The van der Waals surface area contributed by atoms with E-state index in [1.165, 1.54) is 30.5 Å². The van der Waals surface area contributed by atoms with Gasteiger partial charge < -0.3 is 19.0 Å². The molecule has 1 aromatic carbocycles. The standard InChI is InChI=1S/C27H27FN6O7/c1-38-25(35)3-2-4-26(36)39-16-19-12-24(31-41-19)23-8-5-17(13-29-23)21-7-6-18(11-22(21)28)34-15-20(40-27(34)37)14-33-10-9-30-32-33/h5-11,13,19-20H,2-4,12,14-16H2,1H3/t19-,20-/m0/s1. The fourth-order valence-corrected chi connectivity index (χ4v) is 4.40. The molecule has 0 aliphatic carbocycles. The second-order valence-corrected chi connectivity index (χ2v) is 9.42. The van der Waals surface area contributed by atoms with E-state index in [4.69, 9.17) is 14.3 Å². The lowest BCUT2D eigenvalue weighted by Crippen LogP contribution is -2.26. The number of anilines is 1. The maximum absolute atomic E-state index is 15.1. The largest absolute Gasteiger partial charge is 0.469 e. The topological polar surface area (TPSA) is 147 Å². The number of cyclic esters (lactones) is 1. The Balaban J connectivity index is 1.13. The predicted molar refractivity (Wildman–Crippen MR) is 140 cm³/mol. The summed E-state index contributed by atoms with van der Waals surface area (Å²) in [7, 11) is 1.29. The Kier molecular flexibility index (Phi) is 8.46. The molecule has 3 aromatic rings. The molecule has 41 heavy (non-hydrogen) atoms. The Morgan fingerprint density at radius 1 is 1.15 bits per heavy atom. The smallest absolute Gasteiger partial charge is 0.414 e. The first-order valence-corrected chi connectivity index (χ1v) is 12.9. The number of amides is 1. The van der Waals surface area contributed by atoms with Gasteiger partial charge >= 0.3 is 18.0 Å². The van der Waals surface area contributed by atoms with E-state index in [2.05, 4.69) is 25.2 Å². The SMILES string of the molecule is COC(=O)CCCC(=O)OC[C@@H]1CC(c2ccc(-c3ccc(N4C[C@H](Cn5ccnn5)OC4=O)cc3F)cn2)=NO1. The summed E-state index contributed by atoms with van der Waals surface area (Å²) in [6.45, 7) is 0.625. The molecule has 13 nitrogen and oxygen atoms in total. The lowest BCUT2D eigenvalue weighted by molar-refractivity contribution is -0.147. The fourth-order valence-electron chi connectivity index (χ4n) is 4.40. The number of oxime groups is 1. The van der Waals surface area contributed by atoms with Crippen molar-refractivity contribution in [1.29, 1.82) is 0 Å². The zero-order chi connectivity index (χ0) is 28.8. The van der Waals surface area contributed by atoms with E-state index in [0.29, 0.717) is 47.6 Å². The van der Waals surface area contributed by atoms with Crippen LogP contribution in [-0.2, 0) is 35.2 Å². The second kappa shape index (κ2) is 12.5. The van der Waals surface area contributed by atoms with Crippen LogP contribution in [0.2, 0.25) is 0 Å². The molecular weight excluding hydrogens is 539 g/mol. The lowest BCUT2D eigenvalue weighted by Gasteiger charge is -2.14. The Morgan fingerprint density at radius 3 is 2.73 bits per heavy atom. The summed E-state index contributed by atoms with van der Waals surface area (Å²) in [5.41, 5.74) is 2.38. The molecule has 0 bridgehead atoms. The van der Waals surface area contributed by atoms with E-state index < -0.39 is 30.1 Å². The molecular formula is C27H27FN6O7. The number of carbonyl (C=O) groups excluding carboxylic acids is 3. The normalized spacial score (nSPS) is 18.0. The van der Waals surface area contributed by atoms with Gasteiger partial charge in [0.15, 0.2) is 6.10 Å². The zero-order valence-electron chi connectivity index (χ0n) is 22.1. The molecule has 1 fully saturated rings. The molecule has 4 heterocycles. The van der Waals surface area contributed by atoms with Gasteiger partial charge in [-0.2, -0.15) is 0 Å². The van der Waals surface area contributed by atoms with E-state index in [-0.39, 0.29) is 32.0 Å². The fraction of sp³-hybridized carbons (Fsp3) is 0.370. The van der Waals surface area contributed by atoms with E-state index >= 15 is 4.39 Å². The number of benzene rings is 1. The number of halogens is 1. The molecule has 2 aliphatic heterocycles. The minimum atomic E-state index is -0.556. The first-order valence-electron chi connectivity index (χ1n) is 12.9. The third-order valence-electron chi connectivity index (χ3n) is 6.52. The Bertz CT molecular complexity index is 1430. The zero-order valence-corrected chi connectivity index (χ0v) is 22.1. The first-order chi connectivity index (χ1) is 19.9. The Hall–Kier alpha value is -4.88. The summed E-state index contributed by atoms with van der Waals surface area (Å²) in [6.07, 6.45) is 4.27. The molecule has 0 unspecified atom stereocenters. The van der Waals surface area contributed by atoms with Gasteiger partial charge in [-0.05, 0) is 30.7 Å². The Labute approximate surface area is 233 Å². The van der Waals surface area contributed by atoms with E-state index in [1.54, 1.807) is 35.1 Å². The molecule has 1 amide bonds. The number of hydrogen-bond acceptors (Lipinski definition) is 11. The average Bonchev–Trinajstić information content (AvgIpc) is 3.74. The number of hydrogen-bond donors (Lipinski definition) is 0. The Morgan fingerprint density at radius 2 is 2.00 bits per heavy atom. The minimum absolute atomic E-state index is 0.0193. The summed E-state index contributed by atoms with van der Waals surface area (Å²) in [5, 5.41) is 11.7. The van der Waals surface area contributed by atoms with Crippen molar-refractivity contribution in [2.45, 2.75) is 44.4 Å². The van der Waals surface area contributed by atoms with Crippen LogP contribution in [0.3, 0.4) is 0 Å². The van der Waals surface area contributed by atoms with Gasteiger partial charge in [0.25, 0.3) is 0 Å². The number of esters is 2. The van der Waals surface area contributed by atoms with E-state index in [1.807, 2.05) is 0 Å². The molecule has 5 rings (SSSR count). The first kappa shape index (κ1) is 27.7. The highest BCUT2D eigenvalue weighted by Crippen LogP contribution is 2.29. The van der Waals surface area contributed by atoms with Crippen molar-refractivity contribution in [3.05, 3.63) is 60.4 Å². The quantitative estimate of drug-likeness (QED) is 0.251. The average molecular weight is 567 g/mol. The summed E-state index contributed by atoms with van der Waals surface area (Å²) < 4.78 is 31.8. The number of pyridine rings is 1. The van der Waals surface area contributed by atoms with Gasteiger partial charge in [-0.25, -0.2) is 13.9 Å². The van der Waals surface area contributed by atoms with Gasteiger partial charge in [-0.3, -0.25) is 19.5 Å². The number of methoxy groups -OCH3 is 1. The monoisotopic (exact) mass is 566 g/mol. The maximum Gasteiger partial charge on any atom is 0.414 e. The van der Waals surface area contributed by atoms with Crippen molar-refractivity contribution in [3.63, 3.8) is 0 Å². The predicted octanol–water partition coefficient (Wildman–Crippen LogP) is 2.88. The van der Waals surface area contributed by atoms with Crippen LogP contribution in [-0.4, -0.2) is 76.2 Å². The summed E-state index contributed by atoms with van der Waals surface area (Å²) in [4.78, 5) is 46.5. The van der Waals surface area contributed by atoms with Crippen LogP contribution in [0.1, 0.15) is 31.4 Å². The van der Waals surface area contributed by atoms with Gasteiger partial charge in [0, 0.05) is 42.8 Å². The van der Waals surface area contributed by atoms with Gasteiger partial charge in [0.05, 0.1) is 37.8 Å². The molecule has 214 valence electrons. The number of nitrogens with zero attached hydrogens (tertiary/aromatic N) is 6. The van der Waals surface area contributed by atoms with Crippen LogP contribution in [0.4, 0.5) is 14.9 Å². The van der Waals surface area contributed by atoms with Crippen LogP contribution < -0.4 is 4.90 Å². The molecule has 2 aromatic heterocycles. The molecule has 2 aliphatic rings. The third kappa shape index (κ3) is 6.83. The maximum atomic E-state index is 15.1. The van der Waals surface area contributed by atoms with Crippen molar-refractivity contribution in [2.75, 3.05) is 25.2 Å². The second-order valence-electron chi connectivity index (χ2n) is 9.42. The van der Waals surface area contributed by atoms with Crippen molar-refractivity contribution < 1.29 is 37.8 Å². The molecule has 1 saturated heterocycles. The number of ether oxygens (including phenoxy) is 3. The molecule has 0 spiro atoms. The van der Waals surface area contributed by atoms with Gasteiger partial charge in [0.1, 0.15) is 24.2 Å². The van der Waals surface area contributed by atoms with Crippen LogP contribution in [0, 0.1) is 5.82 Å². The molecule has 0 radical (unpaired) electrons. The van der Waals surface area contributed by atoms with Crippen molar-refractivity contribution in [1.82, 2.24) is 20.0 Å². The highest BCUT2D eigenvalue weighted by atomic mass is 19.1. The summed E-state index contributed by atoms with van der Waals surface area (Å²) in [5.74, 6) is -1.33. The van der Waals surface area contributed by atoms with Crippen LogP contribution >= 0.6 is 0 Å². The van der Waals surface area contributed by atoms with Crippen LogP contribution in [0.15, 0.2) is 54.1 Å². The van der Waals surface area contributed by atoms with E-state index in [9.17, 15) is 14.4 Å². The van der Waals surface area contributed by atoms with Gasteiger partial charge in [0.2, 0.25) is 0 Å². The highest BCUT2D eigenvalue weighted by Gasteiger charge is 2.33. The number of rotatable bonds is 11. The molecule has 0 N–H and O–H groups in total. The molecule has 2 atom stereocenters. The third-order valence-corrected chi connectivity index (χ3v) is 6.52. The minimum Gasteiger partial charge on any atom is -0.469 e. The molecule has 14 heteroatoms. The summed E-state index contributed by atoms with van der Waals surface area (Å²) in [6, 6.07) is 7.96. The van der Waals surface area contributed by atoms with E-state index in [0.717, 1.165) is 0 Å². The van der Waals surface area contributed by atoms with Gasteiger partial charge in [-0.15, -0.1) is 5.10 Å². The van der Waals surface area contributed by atoms with Crippen molar-refractivity contribution in [2.24, 2.45) is 5.16 Å². The van der Waals surface area contributed by atoms with Crippen LogP contribution in [0.25, 0.3) is 11.1 Å². The lowest BCUT2D eigenvalue weighted by atomic mass is 10.0. The molecule has 0 saturated carbocycles. The number of aromatic nitrogens is 4. The van der Waals surface area contributed by atoms with Gasteiger partial charge in [-0.1, -0.05) is 16.4 Å².